The molecule has 0 bridgehead atoms. The van der Waals surface area contributed by atoms with Crippen LogP contribution in [0.15, 0.2) is 11.6 Å². The topological polar surface area (TPSA) is 257 Å². The van der Waals surface area contributed by atoms with Gasteiger partial charge in [-0.1, -0.05) is 46.3 Å². The summed E-state index contributed by atoms with van der Waals surface area (Å²) in [6.45, 7) is 10.7. The molecule has 4 aliphatic carbocycles. The van der Waals surface area contributed by atoms with E-state index < -0.39 is 102 Å². The van der Waals surface area contributed by atoms with Crippen LogP contribution in [0.1, 0.15) is 86.0 Å². The number of carbonyl (C=O) groups excluding carboxylic acids is 1. The maximum atomic E-state index is 12.3. The SMILES string of the molecule is CC(C)CC1OC1C(C)[C@H]1CCC2C3CC(OS(=O)(=O)[O-])C4C[C@@H](OC5OC(C(=O)[O-])C(O)C(O)C5OC5OCC(O)C(O)C5O)CC[C@]4(C)C3=CC[C@@]21C.[Na+]. The van der Waals surface area contributed by atoms with Crippen molar-refractivity contribution in [2.75, 3.05) is 6.61 Å². The van der Waals surface area contributed by atoms with Crippen LogP contribution in [0.3, 0.4) is 0 Å². The van der Waals surface area contributed by atoms with Gasteiger partial charge >= 0.3 is 29.6 Å². The van der Waals surface area contributed by atoms with E-state index in [1.807, 2.05) is 0 Å². The fourth-order valence-corrected chi connectivity index (χ4v) is 12.3. The fourth-order valence-electron chi connectivity index (χ4n) is 11.8. The maximum absolute atomic E-state index is 12.3. The Bertz CT molecular complexity index is 1570. The van der Waals surface area contributed by atoms with Gasteiger partial charge in [-0.2, -0.15) is 0 Å². The van der Waals surface area contributed by atoms with Gasteiger partial charge in [-0.25, -0.2) is 8.42 Å². The minimum Gasteiger partial charge on any atom is -0.726 e. The van der Waals surface area contributed by atoms with Crippen LogP contribution in [0.25, 0.3) is 0 Å². The summed E-state index contributed by atoms with van der Waals surface area (Å²) >= 11 is 0. The Labute approximate surface area is 350 Å². The number of epoxide rings is 1. The first-order chi connectivity index (χ1) is 25.7. The average molecular weight is 826 g/mol. The second-order valence-corrected chi connectivity index (χ2v) is 19.3. The molecule has 18 heteroatoms. The summed E-state index contributed by atoms with van der Waals surface area (Å²) in [4.78, 5) is 11.9. The molecule has 0 aromatic heterocycles. The van der Waals surface area contributed by atoms with Gasteiger partial charge in [0.1, 0.15) is 42.7 Å². The first kappa shape index (κ1) is 45.2. The Morgan fingerprint density at radius 3 is 2.32 bits per heavy atom. The third-order valence-electron chi connectivity index (χ3n) is 14.6. The molecule has 7 rings (SSSR count). The van der Waals surface area contributed by atoms with Crippen molar-refractivity contribution in [3.63, 3.8) is 0 Å². The number of carbonyl (C=O) groups is 1. The Balaban J connectivity index is 0.00000532. The molecule has 5 N–H and O–H groups in total. The molecule has 3 saturated carbocycles. The van der Waals surface area contributed by atoms with E-state index in [2.05, 4.69) is 40.7 Å². The van der Waals surface area contributed by atoms with E-state index in [0.29, 0.717) is 37.0 Å². The molecular formula is C38H58NaO16S-. The normalized spacial score (nSPS) is 49.5. The Morgan fingerprint density at radius 2 is 1.66 bits per heavy atom. The molecule has 0 radical (unpaired) electrons. The van der Waals surface area contributed by atoms with Gasteiger partial charge in [0.2, 0.25) is 10.4 Å². The van der Waals surface area contributed by atoms with Gasteiger partial charge < -0.3 is 63.7 Å². The molecule has 56 heavy (non-hydrogen) atoms. The van der Waals surface area contributed by atoms with Gasteiger partial charge in [-0.15, -0.1) is 0 Å². The van der Waals surface area contributed by atoms with Crippen molar-refractivity contribution in [3.8, 4) is 0 Å². The zero-order chi connectivity index (χ0) is 39.9. The van der Waals surface area contributed by atoms with Crippen molar-refractivity contribution in [1.29, 1.82) is 0 Å². The number of ether oxygens (including phenoxy) is 5. The Morgan fingerprint density at radius 1 is 0.946 bits per heavy atom. The minimum atomic E-state index is -5.11. The zero-order valence-electron chi connectivity index (χ0n) is 33.0. The molecular weight excluding hydrogens is 767 g/mol. The summed E-state index contributed by atoms with van der Waals surface area (Å²) in [5, 5.41) is 64.1. The quantitative estimate of drug-likeness (QED) is 0.0345. The number of hydrogen-bond acceptors (Lipinski definition) is 16. The average Bonchev–Trinajstić information content (AvgIpc) is 3.76. The second-order valence-electron chi connectivity index (χ2n) is 18.3. The van der Waals surface area contributed by atoms with E-state index in [9.17, 15) is 48.4 Å². The van der Waals surface area contributed by atoms with Crippen molar-refractivity contribution in [2.24, 2.45) is 46.3 Å². The number of aliphatic carboxylic acids is 1. The molecule has 7 aliphatic rings. The zero-order valence-corrected chi connectivity index (χ0v) is 35.9. The number of carboxylic acid groups (broad SMARTS) is 1. The Kier molecular flexibility index (Phi) is 13.6. The molecule has 3 saturated heterocycles. The molecule has 16 nitrogen and oxygen atoms in total. The Hall–Kier alpha value is -0.320. The molecule has 0 aromatic carbocycles. The first-order valence-electron chi connectivity index (χ1n) is 19.9. The predicted molar refractivity (Wildman–Crippen MR) is 186 cm³/mol. The first-order valence-corrected chi connectivity index (χ1v) is 21.3. The molecule has 20 atom stereocenters. The number of fused-ring (bicyclic) bond motifs is 5. The maximum Gasteiger partial charge on any atom is 1.00 e. The van der Waals surface area contributed by atoms with Crippen LogP contribution in [0, 0.1) is 46.3 Å². The summed E-state index contributed by atoms with van der Waals surface area (Å²) < 4.78 is 71.4. The minimum absolute atomic E-state index is 0. The third-order valence-corrected chi connectivity index (χ3v) is 15.1. The molecule has 3 aliphatic heterocycles. The van der Waals surface area contributed by atoms with Crippen molar-refractivity contribution >= 4 is 16.4 Å². The van der Waals surface area contributed by atoms with Gasteiger partial charge in [-0.3, -0.25) is 4.18 Å². The molecule has 0 amide bonds. The second kappa shape index (κ2) is 16.9. The van der Waals surface area contributed by atoms with Gasteiger partial charge in [0, 0.05) is 0 Å². The molecule has 0 spiro atoms. The molecule has 3 heterocycles. The van der Waals surface area contributed by atoms with Crippen LogP contribution < -0.4 is 34.7 Å². The van der Waals surface area contributed by atoms with Gasteiger partial charge in [0.25, 0.3) is 0 Å². The van der Waals surface area contributed by atoms with Gasteiger partial charge in [-0.05, 0) is 97.7 Å². The largest absolute Gasteiger partial charge is 1.00 e. The third kappa shape index (κ3) is 8.46. The van der Waals surface area contributed by atoms with Crippen LogP contribution in [-0.4, -0.2) is 131 Å². The van der Waals surface area contributed by atoms with E-state index in [0.717, 1.165) is 25.7 Å². The standard InChI is InChI=1S/C38H60O16S.Na/c1-16(2)12-26-31(51-26)17(3)20-6-7-21-19-14-25(54-55(46,47)48)23-13-18(8-10-38(23,5)22(19)9-11-37(20,21)4)50-36-33(29(42)28(41)32(52-36)34(44)45)53-35-30(43)27(40)24(39)15-49-35;/h9,16-21,23-33,35-36,39-43H,6-8,10-15H2,1-5H3,(H,44,45)(H,46,47,48);/q;+1/p-2/t17?,18-,19?,20+,21?,23?,24?,25?,26?,27?,28?,29?,30?,31?,32?,33?,35?,36?,37+,38+;/m0./s1. The van der Waals surface area contributed by atoms with E-state index in [4.69, 9.17) is 27.9 Å². The summed E-state index contributed by atoms with van der Waals surface area (Å²) in [5.41, 5.74) is 0.643. The van der Waals surface area contributed by atoms with Crippen LogP contribution in [0.4, 0.5) is 0 Å². The van der Waals surface area contributed by atoms with Crippen LogP contribution >= 0.6 is 0 Å². The summed E-state index contributed by atoms with van der Waals surface area (Å²) in [6.07, 6.45) is -9.34. The van der Waals surface area contributed by atoms with Gasteiger partial charge in [0.05, 0.1) is 37.0 Å². The molecule has 314 valence electrons. The van der Waals surface area contributed by atoms with Crippen LogP contribution in [0.5, 0.6) is 0 Å². The smallest absolute Gasteiger partial charge is 0.726 e. The van der Waals surface area contributed by atoms with E-state index in [1.54, 1.807) is 0 Å². The van der Waals surface area contributed by atoms with Crippen molar-refractivity contribution in [2.45, 2.75) is 166 Å². The van der Waals surface area contributed by atoms with E-state index >= 15 is 0 Å². The summed E-state index contributed by atoms with van der Waals surface area (Å²) in [7, 11) is -5.11. The molecule has 16 unspecified atom stereocenters. The van der Waals surface area contributed by atoms with Crippen molar-refractivity contribution in [1.82, 2.24) is 0 Å². The van der Waals surface area contributed by atoms with Crippen LogP contribution in [-0.2, 0) is 43.1 Å². The number of rotatable bonds is 11. The predicted octanol–water partition coefficient (Wildman–Crippen LogP) is -3.12. The van der Waals surface area contributed by atoms with Crippen LogP contribution in [0.2, 0.25) is 0 Å². The fraction of sp³-hybridized carbons (Fsp3) is 0.921. The summed E-state index contributed by atoms with van der Waals surface area (Å²) in [6, 6.07) is 0. The molecule has 0 aromatic rings. The number of allylic oxidation sites excluding steroid dienone is 2. The van der Waals surface area contributed by atoms with Crippen molar-refractivity contribution in [3.05, 3.63) is 11.6 Å². The number of hydrogen-bond donors (Lipinski definition) is 5. The molecule has 6 fully saturated rings. The van der Waals surface area contributed by atoms with Gasteiger partial charge in [0.15, 0.2) is 12.6 Å². The monoisotopic (exact) mass is 825 g/mol. The number of aliphatic hydroxyl groups excluding tert-OH is 5. The number of aliphatic hydroxyl groups is 5. The van der Waals surface area contributed by atoms with E-state index in [1.165, 1.54) is 5.57 Å². The van der Waals surface area contributed by atoms with Crippen molar-refractivity contribution < 1.29 is 106 Å². The summed E-state index contributed by atoms with van der Waals surface area (Å²) in [5.74, 6) is -0.720. The number of carboxylic acids is 1. The van der Waals surface area contributed by atoms with E-state index in [-0.39, 0.29) is 65.4 Å².